The van der Waals surface area contributed by atoms with Crippen LogP contribution in [0.5, 0.6) is 0 Å². The van der Waals surface area contributed by atoms with Crippen molar-refractivity contribution in [2.75, 3.05) is 6.54 Å². The van der Waals surface area contributed by atoms with Crippen molar-refractivity contribution >= 4 is 17.2 Å². The molecule has 23 heavy (non-hydrogen) atoms. The lowest BCUT2D eigenvalue weighted by molar-refractivity contribution is 0.218. The Labute approximate surface area is 145 Å². The van der Waals surface area contributed by atoms with Crippen LogP contribution in [0.4, 0.5) is 0 Å². The smallest absolute Gasteiger partial charge is 0.0774 e. The Hall–Kier alpha value is -1.71. The highest BCUT2D eigenvalue weighted by molar-refractivity contribution is 7.80. The van der Waals surface area contributed by atoms with Gasteiger partial charge in [-0.05, 0) is 17.0 Å². The average Bonchev–Trinajstić information content (AvgIpc) is 2.53. The van der Waals surface area contributed by atoms with E-state index in [1.165, 1.54) is 11.1 Å². The van der Waals surface area contributed by atoms with Crippen molar-refractivity contribution in [3.05, 3.63) is 71.8 Å². The summed E-state index contributed by atoms with van der Waals surface area (Å²) >= 11 is 5.29. The van der Waals surface area contributed by atoms with Crippen molar-refractivity contribution in [2.45, 2.75) is 26.9 Å². The molecule has 2 rings (SSSR count). The van der Waals surface area contributed by atoms with E-state index in [4.69, 9.17) is 18.0 Å². The Morgan fingerprint density at radius 3 is 1.70 bits per heavy atom. The maximum absolute atomic E-state index is 5.98. The average molecular weight is 327 g/mol. The van der Waals surface area contributed by atoms with Gasteiger partial charge in [0, 0.05) is 25.6 Å². The first-order chi connectivity index (χ1) is 11.1. The van der Waals surface area contributed by atoms with Crippen LogP contribution in [0, 0.1) is 11.8 Å². The van der Waals surface area contributed by atoms with Crippen molar-refractivity contribution in [1.29, 1.82) is 0 Å². The molecule has 0 spiro atoms. The largest absolute Gasteiger partial charge is 0.393 e. The van der Waals surface area contributed by atoms with Crippen LogP contribution in [0.2, 0.25) is 0 Å². The fourth-order valence-corrected chi connectivity index (χ4v) is 3.12. The Balaban J connectivity index is 2.14. The summed E-state index contributed by atoms with van der Waals surface area (Å²) < 4.78 is 0. The first kappa shape index (κ1) is 17.6. The van der Waals surface area contributed by atoms with Crippen LogP contribution in [-0.4, -0.2) is 16.4 Å². The van der Waals surface area contributed by atoms with Crippen molar-refractivity contribution in [3.63, 3.8) is 0 Å². The molecule has 1 unspecified atom stereocenters. The van der Waals surface area contributed by atoms with Crippen LogP contribution < -0.4 is 5.73 Å². The van der Waals surface area contributed by atoms with Crippen LogP contribution >= 0.6 is 12.2 Å². The van der Waals surface area contributed by atoms with E-state index in [1.807, 2.05) is 0 Å². The quantitative estimate of drug-likeness (QED) is 0.736. The number of nitrogens with zero attached hydrogens (tertiary/aromatic N) is 1. The molecule has 0 fully saturated rings. The number of hydrogen-bond donors (Lipinski definition) is 1. The normalized spacial score (nSPS) is 12.5. The Bertz CT molecular complexity index is 554. The van der Waals surface area contributed by atoms with Crippen LogP contribution in [-0.2, 0) is 13.1 Å². The molecule has 0 amide bonds. The van der Waals surface area contributed by atoms with Crippen molar-refractivity contribution in [1.82, 2.24) is 4.90 Å². The van der Waals surface area contributed by atoms with Crippen molar-refractivity contribution in [2.24, 2.45) is 17.6 Å². The maximum atomic E-state index is 5.98. The zero-order valence-electron chi connectivity index (χ0n) is 14.0. The molecule has 0 aliphatic carbocycles. The monoisotopic (exact) mass is 326 g/mol. The minimum absolute atomic E-state index is 0.234. The van der Waals surface area contributed by atoms with Gasteiger partial charge in [-0.15, -0.1) is 0 Å². The molecule has 122 valence electrons. The van der Waals surface area contributed by atoms with E-state index in [0.717, 1.165) is 19.6 Å². The Morgan fingerprint density at radius 2 is 1.35 bits per heavy atom. The highest BCUT2D eigenvalue weighted by Gasteiger charge is 2.20. The summed E-state index contributed by atoms with van der Waals surface area (Å²) in [6, 6.07) is 21.1. The van der Waals surface area contributed by atoms with Gasteiger partial charge in [0.2, 0.25) is 0 Å². The zero-order chi connectivity index (χ0) is 16.7. The SMILES string of the molecule is CC(C)C(CN(Cc1ccccc1)Cc1ccccc1)C(N)=S. The standard InChI is InChI=1S/C20H26N2S/c1-16(2)19(20(21)23)15-22(13-17-9-5-3-6-10-17)14-18-11-7-4-8-12-18/h3-12,16,19H,13-15H2,1-2H3,(H2,21,23). The molecule has 0 heterocycles. The van der Waals surface area contributed by atoms with E-state index < -0.39 is 0 Å². The molecule has 0 aliphatic rings. The minimum Gasteiger partial charge on any atom is -0.393 e. The molecule has 0 radical (unpaired) electrons. The van der Waals surface area contributed by atoms with Gasteiger partial charge in [0.05, 0.1) is 4.99 Å². The molecule has 2 nitrogen and oxygen atoms in total. The first-order valence-corrected chi connectivity index (χ1v) is 8.56. The van der Waals surface area contributed by atoms with E-state index in [9.17, 15) is 0 Å². The van der Waals surface area contributed by atoms with Crippen LogP contribution in [0.1, 0.15) is 25.0 Å². The molecule has 2 aromatic carbocycles. The summed E-state index contributed by atoms with van der Waals surface area (Å²) in [4.78, 5) is 3.06. The summed E-state index contributed by atoms with van der Waals surface area (Å²) in [5.41, 5.74) is 8.61. The van der Waals surface area contributed by atoms with Gasteiger partial charge in [-0.1, -0.05) is 86.7 Å². The first-order valence-electron chi connectivity index (χ1n) is 8.15. The Kier molecular flexibility index (Phi) is 6.75. The molecule has 1 atom stereocenters. The second kappa shape index (κ2) is 8.80. The van der Waals surface area contributed by atoms with Gasteiger partial charge in [0.1, 0.15) is 0 Å². The number of thiocarbonyl (C=S) groups is 1. The van der Waals surface area contributed by atoms with Gasteiger partial charge >= 0.3 is 0 Å². The number of rotatable bonds is 8. The number of hydrogen-bond acceptors (Lipinski definition) is 2. The number of benzene rings is 2. The van der Waals surface area contributed by atoms with Gasteiger partial charge in [-0.25, -0.2) is 0 Å². The Morgan fingerprint density at radius 1 is 0.913 bits per heavy atom. The number of nitrogens with two attached hydrogens (primary N) is 1. The third-order valence-electron chi connectivity index (χ3n) is 4.12. The molecule has 0 saturated heterocycles. The maximum Gasteiger partial charge on any atom is 0.0774 e. The summed E-state index contributed by atoms with van der Waals surface area (Å²) in [5, 5.41) is 0. The van der Waals surface area contributed by atoms with E-state index in [1.54, 1.807) is 0 Å². The third-order valence-corrected chi connectivity index (χ3v) is 4.43. The van der Waals surface area contributed by atoms with Gasteiger partial charge in [0.25, 0.3) is 0 Å². The topological polar surface area (TPSA) is 29.3 Å². The van der Waals surface area contributed by atoms with E-state index in [2.05, 4.69) is 79.4 Å². The summed E-state index contributed by atoms with van der Waals surface area (Å²) in [6.45, 7) is 7.07. The van der Waals surface area contributed by atoms with E-state index in [0.29, 0.717) is 10.9 Å². The van der Waals surface area contributed by atoms with E-state index in [-0.39, 0.29) is 5.92 Å². The molecular weight excluding hydrogens is 300 g/mol. The molecule has 2 aromatic rings. The molecule has 0 saturated carbocycles. The van der Waals surface area contributed by atoms with Gasteiger partial charge in [0.15, 0.2) is 0 Å². The van der Waals surface area contributed by atoms with E-state index >= 15 is 0 Å². The fourth-order valence-electron chi connectivity index (χ4n) is 2.78. The molecule has 0 bridgehead atoms. The van der Waals surface area contributed by atoms with Gasteiger partial charge < -0.3 is 5.73 Å². The summed E-state index contributed by atoms with van der Waals surface area (Å²) in [5.74, 6) is 0.680. The summed E-state index contributed by atoms with van der Waals surface area (Å²) in [6.07, 6.45) is 0. The highest BCUT2D eigenvalue weighted by atomic mass is 32.1. The molecule has 3 heteroatoms. The zero-order valence-corrected chi connectivity index (χ0v) is 14.8. The van der Waals surface area contributed by atoms with Gasteiger partial charge in [-0.2, -0.15) is 0 Å². The van der Waals surface area contributed by atoms with Gasteiger partial charge in [-0.3, -0.25) is 4.90 Å². The fraction of sp³-hybridized carbons (Fsp3) is 0.350. The molecule has 2 N–H and O–H groups in total. The lowest BCUT2D eigenvalue weighted by atomic mass is 9.95. The van der Waals surface area contributed by atoms with Crippen LogP contribution in [0.15, 0.2) is 60.7 Å². The summed E-state index contributed by atoms with van der Waals surface area (Å²) in [7, 11) is 0. The van der Waals surface area contributed by atoms with Crippen molar-refractivity contribution < 1.29 is 0 Å². The second-order valence-corrected chi connectivity index (χ2v) is 6.87. The molecule has 0 aromatic heterocycles. The predicted molar refractivity (Wildman–Crippen MR) is 102 cm³/mol. The van der Waals surface area contributed by atoms with Crippen LogP contribution in [0.3, 0.4) is 0 Å². The third kappa shape index (κ3) is 5.77. The molecular formula is C20H26N2S. The van der Waals surface area contributed by atoms with Crippen molar-refractivity contribution in [3.8, 4) is 0 Å². The minimum atomic E-state index is 0.234. The lowest BCUT2D eigenvalue weighted by Crippen LogP contribution is -2.37. The van der Waals surface area contributed by atoms with Crippen LogP contribution in [0.25, 0.3) is 0 Å². The highest BCUT2D eigenvalue weighted by Crippen LogP contribution is 2.17. The predicted octanol–water partition coefficient (Wildman–Crippen LogP) is 4.25. The molecule has 0 aliphatic heterocycles. The second-order valence-electron chi connectivity index (χ2n) is 6.39. The lowest BCUT2D eigenvalue weighted by Gasteiger charge is -2.29.